The number of halogens is 1. The fourth-order valence-electron chi connectivity index (χ4n) is 1.57. The average Bonchev–Trinajstić information content (AvgIpc) is 2.71. The van der Waals surface area contributed by atoms with Gasteiger partial charge in [-0.25, -0.2) is 4.98 Å². The molecule has 0 aliphatic rings. The zero-order chi connectivity index (χ0) is 13.3. The summed E-state index contributed by atoms with van der Waals surface area (Å²) in [6, 6.07) is -0.437. The predicted octanol–water partition coefficient (Wildman–Crippen LogP) is 0.196. The molecule has 2 atom stereocenters. The van der Waals surface area contributed by atoms with Crippen molar-refractivity contribution in [1.29, 1.82) is 0 Å². The number of nitrogens with zero attached hydrogens (tertiary/aromatic N) is 4. The van der Waals surface area contributed by atoms with Crippen LogP contribution in [0.5, 0.6) is 5.88 Å². The number of aromatic nitrogens is 4. The van der Waals surface area contributed by atoms with E-state index >= 15 is 0 Å². The van der Waals surface area contributed by atoms with Gasteiger partial charge in [0, 0.05) is 6.04 Å². The molecule has 0 radical (unpaired) electrons. The maximum Gasteiger partial charge on any atom is 0.244 e. The molecule has 2 aromatic rings. The van der Waals surface area contributed by atoms with Gasteiger partial charge in [0.2, 0.25) is 11.2 Å². The summed E-state index contributed by atoms with van der Waals surface area (Å²) in [6.45, 7) is 1.96. The third kappa shape index (κ3) is 2.38. The Labute approximate surface area is 109 Å². The number of aliphatic hydroxyl groups is 1. The van der Waals surface area contributed by atoms with Crippen molar-refractivity contribution in [2.45, 2.75) is 25.6 Å². The standard InChI is InChI=1S/C10H14ClN5O2/c1-5(17)6(12)4-16-8-7(3-13-16)14-10(11)15-9(8)18-2/h3,5-6,17H,4,12H2,1-2H3. The van der Waals surface area contributed by atoms with Crippen molar-refractivity contribution < 1.29 is 9.84 Å². The van der Waals surface area contributed by atoms with Crippen molar-refractivity contribution >= 4 is 22.6 Å². The Balaban J connectivity index is 2.46. The average molecular weight is 272 g/mol. The van der Waals surface area contributed by atoms with E-state index in [0.717, 1.165) is 0 Å². The van der Waals surface area contributed by atoms with Crippen LogP contribution in [0, 0.1) is 0 Å². The molecule has 2 heterocycles. The van der Waals surface area contributed by atoms with Gasteiger partial charge in [-0.1, -0.05) is 0 Å². The van der Waals surface area contributed by atoms with Crippen LogP contribution in [0.1, 0.15) is 6.92 Å². The SMILES string of the molecule is COc1nc(Cl)nc2cnn(CC(N)C(C)O)c12. The van der Waals surface area contributed by atoms with Gasteiger partial charge in [0.25, 0.3) is 0 Å². The molecule has 3 N–H and O–H groups in total. The van der Waals surface area contributed by atoms with Gasteiger partial charge in [-0.15, -0.1) is 0 Å². The lowest BCUT2D eigenvalue weighted by atomic mass is 10.2. The van der Waals surface area contributed by atoms with Crippen LogP contribution in [-0.2, 0) is 6.54 Å². The lowest BCUT2D eigenvalue weighted by Gasteiger charge is -2.15. The van der Waals surface area contributed by atoms with Gasteiger partial charge in [-0.05, 0) is 18.5 Å². The smallest absolute Gasteiger partial charge is 0.244 e. The van der Waals surface area contributed by atoms with Crippen molar-refractivity contribution in [3.8, 4) is 5.88 Å². The van der Waals surface area contributed by atoms with Crippen LogP contribution in [-0.4, -0.2) is 44.1 Å². The van der Waals surface area contributed by atoms with E-state index in [1.54, 1.807) is 17.8 Å². The molecule has 2 rings (SSSR count). The molecule has 0 amide bonds. The lowest BCUT2D eigenvalue weighted by molar-refractivity contribution is 0.153. The second-order valence-corrected chi connectivity index (χ2v) is 4.30. The minimum atomic E-state index is -0.636. The summed E-state index contributed by atoms with van der Waals surface area (Å²) in [5.41, 5.74) is 6.98. The van der Waals surface area contributed by atoms with Crippen LogP contribution in [0.25, 0.3) is 11.0 Å². The first kappa shape index (κ1) is 13.0. The Morgan fingerprint density at radius 3 is 2.89 bits per heavy atom. The molecule has 2 unspecified atom stereocenters. The molecule has 0 aliphatic carbocycles. The van der Waals surface area contributed by atoms with Gasteiger partial charge in [-0.2, -0.15) is 10.1 Å². The zero-order valence-electron chi connectivity index (χ0n) is 10.0. The molecule has 0 spiro atoms. The maximum atomic E-state index is 9.41. The van der Waals surface area contributed by atoms with Crippen LogP contribution >= 0.6 is 11.6 Å². The number of hydrogen-bond acceptors (Lipinski definition) is 6. The van der Waals surface area contributed by atoms with Crippen molar-refractivity contribution in [2.75, 3.05) is 7.11 Å². The van der Waals surface area contributed by atoms with E-state index < -0.39 is 12.1 Å². The normalized spacial score (nSPS) is 14.7. The molecule has 2 aromatic heterocycles. The van der Waals surface area contributed by atoms with Crippen LogP contribution in [0.2, 0.25) is 5.28 Å². The van der Waals surface area contributed by atoms with Gasteiger partial charge in [0.15, 0.2) is 0 Å². The topological polar surface area (TPSA) is 99.1 Å². The van der Waals surface area contributed by atoms with Gasteiger partial charge < -0.3 is 15.6 Å². The monoisotopic (exact) mass is 271 g/mol. The molecule has 98 valence electrons. The minimum absolute atomic E-state index is 0.0960. The van der Waals surface area contributed by atoms with E-state index in [9.17, 15) is 5.11 Å². The highest BCUT2D eigenvalue weighted by atomic mass is 35.5. The Hall–Kier alpha value is -1.44. The van der Waals surface area contributed by atoms with Gasteiger partial charge in [-0.3, -0.25) is 4.68 Å². The van der Waals surface area contributed by atoms with Crippen LogP contribution in [0.15, 0.2) is 6.20 Å². The Kier molecular flexibility index (Phi) is 3.65. The molecule has 0 saturated carbocycles. The Morgan fingerprint density at radius 2 is 2.28 bits per heavy atom. The zero-order valence-corrected chi connectivity index (χ0v) is 10.8. The number of rotatable bonds is 4. The predicted molar refractivity (Wildman–Crippen MR) is 66.5 cm³/mol. The lowest BCUT2D eigenvalue weighted by Crippen LogP contribution is -2.36. The number of methoxy groups -OCH3 is 1. The first-order valence-electron chi connectivity index (χ1n) is 5.39. The maximum absolute atomic E-state index is 9.41. The first-order valence-corrected chi connectivity index (χ1v) is 5.77. The number of fused-ring (bicyclic) bond motifs is 1. The number of hydrogen-bond donors (Lipinski definition) is 2. The highest BCUT2D eigenvalue weighted by molar-refractivity contribution is 6.28. The van der Waals surface area contributed by atoms with Crippen molar-refractivity contribution in [2.24, 2.45) is 5.73 Å². The summed E-state index contributed by atoms with van der Waals surface area (Å²) in [7, 11) is 1.49. The molecule has 0 bridgehead atoms. The fourth-order valence-corrected chi connectivity index (χ4v) is 1.74. The van der Waals surface area contributed by atoms with Crippen molar-refractivity contribution in [1.82, 2.24) is 19.7 Å². The van der Waals surface area contributed by atoms with Crippen molar-refractivity contribution in [3.05, 3.63) is 11.5 Å². The number of aliphatic hydroxyl groups excluding tert-OH is 1. The van der Waals surface area contributed by atoms with E-state index in [0.29, 0.717) is 23.5 Å². The summed E-state index contributed by atoms with van der Waals surface area (Å²) < 4.78 is 6.75. The minimum Gasteiger partial charge on any atom is -0.479 e. The van der Waals surface area contributed by atoms with E-state index in [1.807, 2.05) is 0 Å². The van der Waals surface area contributed by atoms with Gasteiger partial charge in [0.1, 0.15) is 11.0 Å². The molecule has 0 aliphatic heterocycles. The summed E-state index contributed by atoms with van der Waals surface area (Å²) in [5, 5.41) is 13.7. The first-order chi connectivity index (χ1) is 8.52. The molecular formula is C10H14ClN5O2. The van der Waals surface area contributed by atoms with E-state index in [-0.39, 0.29) is 5.28 Å². The van der Waals surface area contributed by atoms with Crippen LogP contribution in [0.3, 0.4) is 0 Å². The van der Waals surface area contributed by atoms with Crippen LogP contribution in [0.4, 0.5) is 0 Å². The summed E-state index contributed by atoms with van der Waals surface area (Å²) in [4.78, 5) is 8.02. The van der Waals surface area contributed by atoms with Crippen molar-refractivity contribution in [3.63, 3.8) is 0 Å². The van der Waals surface area contributed by atoms with Gasteiger partial charge in [0.05, 0.1) is 26.0 Å². The summed E-state index contributed by atoms with van der Waals surface area (Å²) >= 11 is 5.76. The molecule has 8 heteroatoms. The highest BCUT2D eigenvalue weighted by Gasteiger charge is 2.17. The molecule has 0 fully saturated rings. The number of ether oxygens (including phenoxy) is 1. The highest BCUT2D eigenvalue weighted by Crippen LogP contribution is 2.23. The van der Waals surface area contributed by atoms with E-state index in [4.69, 9.17) is 22.1 Å². The van der Waals surface area contributed by atoms with E-state index in [2.05, 4.69) is 15.1 Å². The molecule has 0 aromatic carbocycles. The molecular weight excluding hydrogens is 258 g/mol. The molecule has 7 nitrogen and oxygen atoms in total. The third-order valence-corrected chi connectivity index (χ3v) is 2.79. The third-order valence-electron chi connectivity index (χ3n) is 2.63. The summed E-state index contributed by atoms with van der Waals surface area (Å²) in [5.74, 6) is 0.334. The Morgan fingerprint density at radius 1 is 1.56 bits per heavy atom. The largest absolute Gasteiger partial charge is 0.479 e. The second kappa shape index (κ2) is 5.05. The summed E-state index contributed by atoms with van der Waals surface area (Å²) in [6.07, 6.45) is 0.920. The second-order valence-electron chi connectivity index (χ2n) is 3.97. The Bertz CT molecular complexity index is 556. The molecule has 0 saturated heterocycles. The van der Waals surface area contributed by atoms with Crippen LogP contribution < -0.4 is 10.5 Å². The molecule has 18 heavy (non-hydrogen) atoms. The number of nitrogens with two attached hydrogens (primary N) is 1. The van der Waals surface area contributed by atoms with Gasteiger partial charge >= 0.3 is 0 Å². The van der Waals surface area contributed by atoms with E-state index in [1.165, 1.54) is 7.11 Å². The fraction of sp³-hybridized carbons (Fsp3) is 0.500. The quantitative estimate of drug-likeness (QED) is 0.771.